The smallest absolute Gasteiger partial charge is 0.239 e. The first-order valence-electron chi connectivity index (χ1n) is 7.02. The molecule has 0 radical (unpaired) electrons. The van der Waals surface area contributed by atoms with E-state index in [9.17, 15) is 13.2 Å². The van der Waals surface area contributed by atoms with Gasteiger partial charge < -0.3 is 14.8 Å². The molecule has 1 amide bonds. The summed E-state index contributed by atoms with van der Waals surface area (Å²) >= 11 is 0. The van der Waals surface area contributed by atoms with E-state index in [2.05, 4.69) is 5.32 Å². The zero-order chi connectivity index (χ0) is 16.3. The monoisotopic (exact) mass is 333 g/mol. The van der Waals surface area contributed by atoms with E-state index < -0.39 is 21.5 Å². The van der Waals surface area contributed by atoms with E-state index in [-0.39, 0.29) is 4.90 Å². The highest BCUT2D eigenvalue weighted by Gasteiger charge is 2.20. The fraction of sp³-hybridized carbons (Fsp3) is 0.188. The van der Waals surface area contributed by atoms with Crippen molar-refractivity contribution in [1.29, 1.82) is 0 Å². The van der Waals surface area contributed by atoms with Crippen LogP contribution in [-0.4, -0.2) is 33.3 Å². The van der Waals surface area contributed by atoms with Gasteiger partial charge in [0, 0.05) is 11.8 Å². The molecule has 0 bridgehead atoms. The minimum absolute atomic E-state index is 0.123. The van der Waals surface area contributed by atoms with Crippen molar-refractivity contribution in [1.82, 2.24) is 0 Å². The second-order valence-corrected chi connectivity index (χ2v) is 6.97. The Morgan fingerprint density at radius 3 is 2.43 bits per heavy atom. The molecular weight excluding hydrogens is 318 g/mol. The zero-order valence-corrected chi connectivity index (χ0v) is 13.0. The number of rotatable bonds is 4. The summed E-state index contributed by atoms with van der Waals surface area (Å²) in [4.78, 5) is 12.1. The van der Waals surface area contributed by atoms with E-state index >= 15 is 0 Å². The molecule has 2 aromatic rings. The fourth-order valence-corrected chi connectivity index (χ4v) is 3.36. The van der Waals surface area contributed by atoms with E-state index in [0.29, 0.717) is 30.4 Å². The Hall–Kier alpha value is -2.54. The maximum atomic E-state index is 12.2. The maximum Gasteiger partial charge on any atom is 0.239 e. The Labute approximate surface area is 134 Å². The second kappa shape index (κ2) is 6.29. The summed E-state index contributed by atoms with van der Waals surface area (Å²) in [5, 5.41) is 2.56. The normalized spacial score (nSPS) is 13.4. The SMILES string of the molecule is O=C(CS(=O)(=O)c1ccccc1)Nc1ccc2c(c1)OCCO2. The van der Waals surface area contributed by atoms with Gasteiger partial charge in [-0.05, 0) is 24.3 Å². The number of anilines is 1. The van der Waals surface area contributed by atoms with Crippen LogP contribution in [-0.2, 0) is 14.6 Å². The van der Waals surface area contributed by atoms with E-state index in [1.807, 2.05) is 0 Å². The van der Waals surface area contributed by atoms with Gasteiger partial charge in [0.25, 0.3) is 0 Å². The van der Waals surface area contributed by atoms with Crippen LogP contribution in [0.3, 0.4) is 0 Å². The van der Waals surface area contributed by atoms with Crippen molar-refractivity contribution in [2.75, 3.05) is 24.3 Å². The van der Waals surface area contributed by atoms with Crippen molar-refractivity contribution in [3.05, 3.63) is 48.5 Å². The number of hydrogen-bond donors (Lipinski definition) is 1. The number of ether oxygens (including phenoxy) is 2. The summed E-state index contributed by atoms with van der Waals surface area (Å²) in [6, 6.07) is 12.8. The number of fused-ring (bicyclic) bond motifs is 1. The van der Waals surface area contributed by atoms with E-state index in [4.69, 9.17) is 9.47 Å². The molecule has 23 heavy (non-hydrogen) atoms. The molecule has 1 aliphatic heterocycles. The molecule has 3 rings (SSSR count). The highest BCUT2D eigenvalue weighted by molar-refractivity contribution is 7.92. The Bertz CT molecular complexity index is 818. The first-order chi connectivity index (χ1) is 11.0. The lowest BCUT2D eigenvalue weighted by molar-refractivity contribution is -0.113. The second-order valence-electron chi connectivity index (χ2n) is 4.98. The Balaban J connectivity index is 1.70. The first-order valence-corrected chi connectivity index (χ1v) is 8.67. The van der Waals surface area contributed by atoms with E-state index in [1.165, 1.54) is 12.1 Å². The number of carbonyl (C=O) groups is 1. The molecule has 6 nitrogen and oxygen atoms in total. The van der Waals surface area contributed by atoms with Crippen LogP contribution in [0.5, 0.6) is 11.5 Å². The van der Waals surface area contributed by atoms with Gasteiger partial charge in [0.1, 0.15) is 19.0 Å². The number of carbonyl (C=O) groups excluding carboxylic acids is 1. The summed E-state index contributed by atoms with van der Waals surface area (Å²) in [6.45, 7) is 0.917. The number of amides is 1. The molecule has 2 aromatic carbocycles. The van der Waals surface area contributed by atoms with Gasteiger partial charge in [0.05, 0.1) is 4.90 Å². The van der Waals surface area contributed by atoms with E-state index in [1.54, 1.807) is 36.4 Å². The van der Waals surface area contributed by atoms with E-state index in [0.717, 1.165) is 0 Å². The van der Waals surface area contributed by atoms with Gasteiger partial charge in [0.15, 0.2) is 21.3 Å². The summed E-state index contributed by atoms with van der Waals surface area (Å²) < 4.78 is 35.1. The van der Waals surface area contributed by atoms with Gasteiger partial charge in [-0.15, -0.1) is 0 Å². The lowest BCUT2D eigenvalue weighted by Crippen LogP contribution is -2.23. The Kier molecular flexibility index (Phi) is 4.20. The lowest BCUT2D eigenvalue weighted by atomic mass is 10.2. The van der Waals surface area contributed by atoms with Crippen LogP contribution in [0, 0.1) is 0 Å². The van der Waals surface area contributed by atoms with Gasteiger partial charge in [-0.25, -0.2) is 8.42 Å². The molecule has 0 spiro atoms. The number of hydrogen-bond acceptors (Lipinski definition) is 5. The third-order valence-corrected chi connectivity index (χ3v) is 4.88. The molecule has 1 N–H and O–H groups in total. The Morgan fingerprint density at radius 1 is 1.00 bits per heavy atom. The summed E-state index contributed by atoms with van der Waals surface area (Å²) in [7, 11) is -3.66. The molecule has 0 saturated heterocycles. The van der Waals surface area contributed by atoms with Crippen LogP contribution in [0.1, 0.15) is 0 Å². The molecule has 0 aromatic heterocycles. The average molecular weight is 333 g/mol. The lowest BCUT2D eigenvalue weighted by Gasteiger charge is -2.19. The van der Waals surface area contributed by atoms with Gasteiger partial charge in [0.2, 0.25) is 5.91 Å². The highest BCUT2D eigenvalue weighted by Crippen LogP contribution is 2.32. The molecular formula is C16H15NO5S. The number of benzene rings is 2. The molecule has 0 saturated carbocycles. The molecule has 0 unspecified atom stereocenters. The molecule has 1 heterocycles. The number of sulfone groups is 1. The molecule has 1 aliphatic rings. The van der Waals surface area contributed by atoms with Crippen LogP contribution in [0.15, 0.2) is 53.4 Å². The van der Waals surface area contributed by atoms with Crippen LogP contribution < -0.4 is 14.8 Å². The van der Waals surface area contributed by atoms with Crippen molar-refractivity contribution >= 4 is 21.4 Å². The van der Waals surface area contributed by atoms with Crippen LogP contribution >= 0.6 is 0 Å². The van der Waals surface area contributed by atoms with Gasteiger partial charge in [-0.2, -0.15) is 0 Å². The van der Waals surface area contributed by atoms with Gasteiger partial charge in [-0.1, -0.05) is 18.2 Å². The first kappa shape index (κ1) is 15.4. The minimum atomic E-state index is -3.66. The van der Waals surface area contributed by atoms with Crippen molar-refractivity contribution in [3.8, 4) is 11.5 Å². The third-order valence-electron chi connectivity index (χ3n) is 3.25. The van der Waals surface area contributed by atoms with Crippen molar-refractivity contribution in [2.24, 2.45) is 0 Å². The van der Waals surface area contributed by atoms with Crippen LogP contribution in [0.2, 0.25) is 0 Å². The van der Waals surface area contributed by atoms with Crippen LogP contribution in [0.25, 0.3) is 0 Å². The highest BCUT2D eigenvalue weighted by atomic mass is 32.2. The minimum Gasteiger partial charge on any atom is -0.486 e. The molecule has 0 atom stereocenters. The maximum absolute atomic E-state index is 12.2. The van der Waals surface area contributed by atoms with Crippen molar-refractivity contribution in [2.45, 2.75) is 4.90 Å². The third kappa shape index (κ3) is 3.62. The predicted octanol–water partition coefficient (Wildman–Crippen LogP) is 1.87. The Morgan fingerprint density at radius 2 is 1.70 bits per heavy atom. The number of nitrogens with one attached hydrogen (secondary N) is 1. The van der Waals surface area contributed by atoms with Gasteiger partial charge >= 0.3 is 0 Å². The topological polar surface area (TPSA) is 81.7 Å². The molecule has 7 heteroatoms. The zero-order valence-electron chi connectivity index (χ0n) is 12.2. The van der Waals surface area contributed by atoms with Crippen LogP contribution in [0.4, 0.5) is 5.69 Å². The van der Waals surface area contributed by atoms with Crippen molar-refractivity contribution < 1.29 is 22.7 Å². The molecule has 0 fully saturated rings. The quantitative estimate of drug-likeness (QED) is 0.924. The van der Waals surface area contributed by atoms with Crippen molar-refractivity contribution in [3.63, 3.8) is 0 Å². The summed E-state index contributed by atoms with van der Waals surface area (Å²) in [6.07, 6.45) is 0. The van der Waals surface area contributed by atoms with Gasteiger partial charge in [-0.3, -0.25) is 4.79 Å². The predicted molar refractivity (Wildman–Crippen MR) is 84.6 cm³/mol. The summed E-state index contributed by atoms with van der Waals surface area (Å²) in [5.74, 6) is -0.0949. The fourth-order valence-electron chi connectivity index (χ4n) is 2.20. The average Bonchev–Trinajstić information content (AvgIpc) is 2.55. The molecule has 120 valence electrons. The summed E-state index contributed by atoms with van der Waals surface area (Å²) in [5.41, 5.74) is 0.461. The standard InChI is InChI=1S/C16H15NO5S/c18-16(11-23(19,20)13-4-2-1-3-5-13)17-12-6-7-14-15(10-12)22-9-8-21-14/h1-7,10H,8-9,11H2,(H,17,18). The molecule has 0 aliphatic carbocycles. The largest absolute Gasteiger partial charge is 0.486 e.